The average Bonchev–Trinajstić information content (AvgIpc) is 2.35. The van der Waals surface area contributed by atoms with E-state index in [0.29, 0.717) is 5.56 Å². The highest BCUT2D eigenvalue weighted by atomic mass is 19.1. The maximum Gasteiger partial charge on any atom is 0.311 e. The molecule has 1 saturated carbocycles. The van der Waals surface area contributed by atoms with E-state index in [4.69, 9.17) is 0 Å². The second-order valence-electron chi connectivity index (χ2n) is 5.22. The Hall–Kier alpha value is -1.38. The van der Waals surface area contributed by atoms with Gasteiger partial charge < -0.3 is 5.11 Å². The van der Waals surface area contributed by atoms with Crippen LogP contribution in [0, 0.1) is 18.7 Å². The van der Waals surface area contributed by atoms with E-state index in [1.54, 1.807) is 19.1 Å². The largest absolute Gasteiger partial charge is 0.481 e. The smallest absolute Gasteiger partial charge is 0.311 e. The Labute approximate surface area is 107 Å². The third-order valence-corrected chi connectivity index (χ3v) is 3.93. The molecule has 18 heavy (non-hydrogen) atoms. The Morgan fingerprint density at radius 2 is 2.00 bits per heavy atom. The molecule has 1 aliphatic rings. The first-order chi connectivity index (χ1) is 8.59. The predicted octanol–water partition coefficient (Wildman–Crippen LogP) is 3.88. The van der Waals surface area contributed by atoms with Crippen LogP contribution in [0.5, 0.6) is 0 Å². The summed E-state index contributed by atoms with van der Waals surface area (Å²) >= 11 is 0. The minimum absolute atomic E-state index is 0.195. The van der Waals surface area contributed by atoms with E-state index < -0.39 is 11.9 Å². The molecule has 1 unspecified atom stereocenters. The zero-order valence-corrected chi connectivity index (χ0v) is 10.7. The Kier molecular flexibility index (Phi) is 4.00. The van der Waals surface area contributed by atoms with Gasteiger partial charge in [0.15, 0.2) is 0 Å². The highest BCUT2D eigenvalue weighted by molar-refractivity contribution is 5.76. The van der Waals surface area contributed by atoms with Crippen molar-refractivity contribution in [2.75, 3.05) is 0 Å². The molecule has 1 aromatic rings. The molecule has 0 heterocycles. The van der Waals surface area contributed by atoms with E-state index in [1.165, 1.54) is 12.5 Å². The van der Waals surface area contributed by atoms with Crippen molar-refractivity contribution in [1.82, 2.24) is 0 Å². The SMILES string of the molecule is Cc1cc(C(C(=O)O)C2CCCCC2)ccc1F. The molecule has 0 amide bonds. The lowest BCUT2D eigenvalue weighted by atomic mass is 9.76. The van der Waals surface area contributed by atoms with E-state index in [9.17, 15) is 14.3 Å². The zero-order chi connectivity index (χ0) is 13.1. The number of benzene rings is 1. The zero-order valence-electron chi connectivity index (χ0n) is 10.7. The van der Waals surface area contributed by atoms with Crippen LogP contribution in [0.3, 0.4) is 0 Å². The van der Waals surface area contributed by atoms with Crippen LogP contribution < -0.4 is 0 Å². The molecule has 1 atom stereocenters. The van der Waals surface area contributed by atoms with Crippen LogP contribution in [0.4, 0.5) is 4.39 Å². The van der Waals surface area contributed by atoms with E-state index in [1.807, 2.05) is 0 Å². The maximum absolute atomic E-state index is 13.3. The van der Waals surface area contributed by atoms with Gasteiger partial charge in [-0.1, -0.05) is 31.4 Å². The van der Waals surface area contributed by atoms with Gasteiger partial charge in [-0.15, -0.1) is 0 Å². The molecule has 98 valence electrons. The number of rotatable bonds is 3. The van der Waals surface area contributed by atoms with Crippen LogP contribution in [0.15, 0.2) is 18.2 Å². The summed E-state index contributed by atoms with van der Waals surface area (Å²) < 4.78 is 13.3. The molecule has 0 aliphatic heterocycles. The fourth-order valence-corrected chi connectivity index (χ4v) is 2.95. The van der Waals surface area contributed by atoms with Crippen LogP contribution in [-0.4, -0.2) is 11.1 Å². The van der Waals surface area contributed by atoms with Gasteiger partial charge in [0.1, 0.15) is 5.82 Å². The Bertz CT molecular complexity index is 436. The number of carboxylic acid groups (broad SMARTS) is 1. The summed E-state index contributed by atoms with van der Waals surface area (Å²) in [6, 6.07) is 4.68. The Morgan fingerprint density at radius 1 is 1.33 bits per heavy atom. The monoisotopic (exact) mass is 250 g/mol. The molecule has 3 heteroatoms. The minimum atomic E-state index is -0.784. The topological polar surface area (TPSA) is 37.3 Å². The van der Waals surface area contributed by atoms with E-state index >= 15 is 0 Å². The number of hydrogen-bond acceptors (Lipinski definition) is 1. The van der Waals surface area contributed by atoms with Crippen LogP contribution in [0.2, 0.25) is 0 Å². The van der Waals surface area contributed by atoms with Gasteiger partial charge in [-0.25, -0.2) is 4.39 Å². The van der Waals surface area contributed by atoms with Crippen LogP contribution >= 0.6 is 0 Å². The van der Waals surface area contributed by atoms with Crippen LogP contribution in [0.25, 0.3) is 0 Å². The molecular weight excluding hydrogens is 231 g/mol. The van der Waals surface area contributed by atoms with Crippen molar-refractivity contribution in [3.63, 3.8) is 0 Å². The second-order valence-corrected chi connectivity index (χ2v) is 5.22. The molecule has 1 aromatic carbocycles. The van der Waals surface area contributed by atoms with Crippen molar-refractivity contribution in [1.29, 1.82) is 0 Å². The molecule has 1 N–H and O–H groups in total. The van der Waals surface area contributed by atoms with Crippen LogP contribution in [-0.2, 0) is 4.79 Å². The lowest BCUT2D eigenvalue weighted by Gasteiger charge is -2.28. The van der Waals surface area contributed by atoms with Gasteiger partial charge in [0.2, 0.25) is 0 Å². The summed E-state index contributed by atoms with van der Waals surface area (Å²) in [5.74, 6) is -1.34. The van der Waals surface area contributed by atoms with Crippen molar-refractivity contribution in [3.05, 3.63) is 35.1 Å². The maximum atomic E-state index is 13.3. The van der Waals surface area contributed by atoms with Crippen molar-refractivity contribution in [2.45, 2.75) is 44.9 Å². The molecular formula is C15H19FO2. The van der Waals surface area contributed by atoms with Crippen molar-refractivity contribution >= 4 is 5.97 Å². The number of carbonyl (C=O) groups is 1. The lowest BCUT2D eigenvalue weighted by molar-refractivity contribution is -0.140. The van der Waals surface area contributed by atoms with Gasteiger partial charge in [-0.2, -0.15) is 0 Å². The van der Waals surface area contributed by atoms with E-state index in [-0.39, 0.29) is 11.7 Å². The van der Waals surface area contributed by atoms with Crippen molar-refractivity contribution in [2.24, 2.45) is 5.92 Å². The van der Waals surface area contributed by atoms with Crippen LogP contribution in [0.1, 0.15) is 49.1 Å². The Balaban J connectivity index is 2.28. The van der Waals surface area contributed by atoms with Gasteiger partial charge in [0.25, 0.3) is 0 Å². The summed E-state index contributed by atoms with van der Waals surface area (Å²) in [4.78, 5) is 11.5. The molecule has 0 saturated heterocycles. The summed E-state index contributed by atoms with van der Waals surface area (Å²) in [6.07, 6.45) is 5.34. The number of hydrogen-bond donors (Lipinski definition) is 1. The molecule has 0 bridgehead atoms. The highest BCUT2D eigenvalue weighted by Gasteiger charge is 2.30. The first-order valence-electron chi connectivity index (χ1n) is 6.58. The predicted molar refractivity (Wildman–Crippen MR) is 68.1 cm³/mol. The molecule has 1 aliphatic carbocycles. The van der Waals surface area contributed by atoms with E-state index in [0.717, 1.165) is 31.2 Å². The normalized spacial score (nSPS) is 18.6. The number of aryl methyl sites for hydroxylation is 1. The summed E-state index contributed by atoms with van der Waals surface area (Å²) in [7, 11) is 0. The second kappa shape index (κ2) is 5.51. The molecule has 0 radical (unpaired) electrons. The first kappa shape index (κ1) is 13.1. The molecule has 1 fully saturated rings. The summed E-state index contributed by atoms with van der Waals surface area (Å²) in [5, 5.41) is 9.45. The van der Waals surface area contributed by atoms with Gasteiger partial charge >= 0.3 is 5.97 Å². The fourth-order valence-electron chi connectivity index (χ4n) is 2.95. The number of halogens is 1. The van der Waals surface area contributed by atoms with Crippen molar-refractivity contribution in [3.8, 4) is 0 Å². The fraction of sp³-hybridized carbons (Fsp3) is 0.533. The average molecular weight is 250 g/mol. The third-order valence-electron chi connectivity index (χ3n) is 3.93. The molecule has 2 nitrogen and oxygen atoms in total. The highest BCUT2D eigenvalue weighted by Crippen LogP contribution is 2.36. The number of carboxylic acids is 1. The molecule has 0 spiro atoms. The standard InChI is InChI=1S/C15H19FO2/c1-10-9-12(7-8-13(10)16)14(15(17)18)11-5-3-2-4-6-11/h7-9,11,14H,2-6H2,1H3,(H,17,18). The lowest BCUT2D eigenvalue weighted by Crippen LogP contribution is -2.23. The third kappa shape index (κ3) is 2.71. The van der Waals surface area contributed by atoms with Gasteiger partial charge in [0.05, 0.1) is 5.92 Å². The molecule has 2 rings (SSSR count). The van der Waals surface area contributed by atoms with E-state index in [2.05, 4.69) is 0 Å². The van der Waals surface area contributed by atoms with Gasteiger partial charge in [-0.05, 0) is 42.9 Å². The van der Waals surface area contributed by atoms with Gasteiger partial charge in [-0.3, -0.25) is 4.79 Å². The Morgan fingerprint density at radius 3 is 2.56 bits per heavy atom. The van der Waals surface area contributed by atoms with Gasteiger partial charge in [0, 0.05) is 0 Å². The first-order valence-corrected chi connectivity index (χ1v) is 6.58. The quantitative estimate of drug-likeness (QED) is 0.883. The summed E-state index contributed by atoms with van der Waals surface area (Å²) in [6.45, 7) is 1.68. The minimum Gasteiger partial charge on any atom is -0.481 e. The summed E-state index contributed by atoms with van der Waals surface area (Å²) in [5.41, 5.74) is 1.27. The number of aliphatic carboxylic acids is 1. The van der Waals surface area contributed by atoms with Crippen molar-refractivity contribution < 1.29 is 14.3 Å². The molecule has 0 aromatic heterocycles.